The highest BCUT2D eigenvalue weighted by Crippen LogP contribution is 2.32. The first-order valence-electron chi connectivity index (χ1n) is 29.7. The van der Waals surface area contributed by atoms with Crippen molar-refractivity contribution in [2.45, 2.75) is 40.2 Å². The minimum absolute atomic E-state index is 0.149. The molecule has 4 amide bonds. The van der Waals surface area contributed by atoms with Crippen LogP contribution in [0.2, 0.25) is 40.2 Å². The van der Waals surface area contributed by atoms with E-state index in [9.17, 15) is 24.3 Å². The van der Waals surface area contributed by atoms with Gasteiger partial charge in [0.2, 0.25) is 0 Å². The van der Waals surface area contributed by atoms with Gasteiger partial charge in [-0.05, 0) is 198 Å². The Bertz CT molecular complexity index is 3910. The number of hydrogen-bond acceptors (Lipinski definition) is 14. The largest absolute Gasteiger partial charge is 0.493 e. The molecule has 0 fully saturated rings. The minimum atomic E-state index is -1.04. The van der Waals surface area contributed by atoms with E-state index in [0.29, 0.717) is 149 Å². The number of carbonyl (C=O) groups excluding carboxylic acids is 4. The molecule has 0 aliphatic rings. The summed E-state index contributed by atoms with van der Waals surface area (Å²) in [5.41, 5.74) is 18.1. The molecule has 0 saturated heterocycles. The third-order valence-electron chi connectivity index (χ3n) is 13.0. The number of likely N-dealkylation sites (N-methyl/N-ethyl adjacent to an activating group) is 1. The number of nitrogens with zero attached hydrogens (tertiary/aromatic N) is 1. The summed E-state index contributed by atoms with van der Waals surface area (Å²) < 4.78 is 27.6. The van der Waals surface area contributed by atoms with Gasteiger partial charge in [0.15, 0.2) is 0 Å². The molecule has 26 heteroatoms. The molecule has 8 aromatic rings. The lowest BCUT2D eigenvalue weighted by atomic mass is 10.1. The highest BCUT2D eigenvalue weighted by Gasteiger charge is 2.20. The number of aliphatic hydroxyl groups excluding tert-OH is 2. The van der Waals surface area contributed by atoms with Crippen LogP contribution in [0.15, 0.2) is 146 Å². The molecule has 18 nitrogen and oxygen atoms in total. The Labute approximate surface area is 599 Å². The van der Waals surface area contributed by atoms with Crippen LogP contribution in [0.1, 0.15) is 70.1 Å². The molecule has 512 valence electrons. The smallest absolute Gasteiger partial charge is 0.259 e. The minimum Gasteiger partial charge on any atom is -0.493 e. The Morgan fingerprint density at radius 1 is 0.417 bits per heavy atom. The van der Waals surface area contributed by atoms with E-state index in [0.717, 1.165) is 28.8 Å². The molecular formula is C70H75Cl8N7O11. The van der Waals surface area contributed by atoms with E-state index in [1.165, 1.54) is 12.1 Å². The van der Waals surface area contributed by atoms with E-state index in [2.05, 4.69) is 21.3 Å². The topological polar surface area (TPSA) is 258 Å². The van der Waals surface area contributed by atoms with Crippen molar-refractivity contribution < 1.29 is 53.1 Å². The molecule has 0 spiro atoms. The summed E-state index contributed by atoms with van der Waals surface area (Å²) in [5, 5.41) is 32.8. The molecule has 8 aromatic carbocycles. The first-order chi connectivity index (χ1) is 45.8. The molecule has 0 heterocycles. The van der Waals surface area contributed by atoms with Gasteiger partial charge in [-0.25, -0.2) is 0 Å². The second-order valence-electron chi connectivity index (χ2n) is 21.4. The van der Waals surface area contributed by atoms with Crippen LogP contribution in [0.3, 0.4) is 0 Å². The maximum absolute atomic E-state index is 12.6. The Balaban J connectivity index is 0.000000232. The molecule has 0 aliphatic carbocycles. The maximum atomic E-state index is 12.6. The van der Waals surface area contributed by atoms with Crippen LogP contribution in [-0.4, -0.2) is 125 Å². The van der Waals surface area contributed by atoms with Crippen molar-refractivity contribution >= 4 is 139 Å². The summed E-state index contributed by atoms with van der Waals surface area (Å²) in [4.78, 5) is 52.2. The van der Waals surface area contributed by atoms with Gasteiger partial charge in [0.1, 0.15) is 48.9 Å². The number of carbonyl (C=O) groups is 4. The number of anilines is 4. The van der Waals surface area contributed by atoms with Crippen molar-refractivity contribution in [3.63, 3.8) is 0 Å². The summed E-state index contributed by atoms with van der Waals surface area (Å²) in [6, 6.07) is 40.8. The molecule has 10 N–H and O–H groups in total. The van der Waals surface area contributed by atoms with Gasteiger partial charge in [-0.2, -0.15) is 0 Å². The zero-order chi connectivity index (χ0) is 70.4. The summed E-state index contributed by atoms with van der Waals surface area (Å²) in [5.74, 6) is 0.159. The van der Waals surface area contributed by atoms with Crippen molar-refractivity contribution in [3.8, 4) is 23.0 Å². The molecule has 0 radical (unpaired) electrons. The zero-order valence-corrected chi connectivity index (χ0v) is 59.5. The van der Waals surface area contributed by atoms with Gasteiger partial charge in [-0.1, -0.05) is 117 Å². The number of benzene rings is 8. The standard InChI is InChI=1S/C18H20Cl2N2O3.C18H20Cl2N2O2.C17H18Cl2N2O2.C17H17Cl2NO4/c1-12-2-4-16(15(20)10-12)22-18(23)14-11-13(19)3-5-17(14)25-9-8-24-7-6-21;1-12-4-6-16(15(20)10-12)21-18(23)14-11-13(19)5-7-17(14)24-9-8-22(2)3;1-11-3-5-15(14(19)9-11)21-17(22)13-10-12(18)4-6-16(13)23-8-2-7-20;1-10-2-4-15(14(19)6-10)20-17(23)13-7-11(18)3-5-16(13)24-9-12(22)8-21/h2-5,10-11H,6-9,21H2,1H3,(H,22,23);4-7,10-11H,8-9H2,1-3H3,(H,21,23);3-6,9-10H,2,7-8,20H2,1H3,(H,21,22);2-7,12,21-22H,8-9H2,1H3,(H,20,23). The third kappa shape index (κ3) is 27.1. The van der Waals surface area contributed by atoms with E-state index < -0.39 is 18.6 Å². The number of ether oxygens (including phenoxy) is 5. The predicted octanol–water partition coefficient (Wildman–Crippen LogP) is 16.0. The molecule has 0 saturated carbocycles. The lowest BCUT2D eigenvalue weighted by molar-refractivity contribution is 0.0532. The predicted molar refractivity (Wildman–Crippen MR) is 390 cm³/mol. The fourth-order valence-electron chi connectivity index (χ4n) is 8.10. The number of rotatable bonds is 26. The summed E-state index contributed by atoms with van der Waals surface area (Å²) in [6.45, 7) is 10.9. The second kappa shape index (κ2) is 41.2. The number of aryl methyl sites for hydroxylation is 4. The van der Waals surface area contributed by atoms with Gasteiger partial charge >= 0.3 is 0 Å². The molecule has 0 bridgehead atoms. The van der Waals surface area contributed by atoms with Crippen LogP contribution in [0.5, 0.6) is 23.0 Å². The average molecular weight is 1470 g/mol. The van der Waals surface area contributed by atoms with Gasteiger partial charge in [-0.3, -0.25) is 19.2 Å². The molecule has 0 aromatic heterocycles. The summed E-state index contributed by atoms with van der Waals surface area (Å²) in [6.07, 6.45) is -0.337. The van der Waals surface area contributed by atoms with E-state index in [-0.39, 0.29) is 35.6 Å². The first kappa shape index (κ1) is 79.6. The molecule has 0 aliphatic heterocycles. The normalized spacial score (nSPS) is 10.9. The van der Waals surface area contributed by atoms with Crippen molar-refractivity contribution in [3.05, 3.63) is 230 Å². The number of halogens is 8. The van der Waals surface area contributed by atoms with Gasteiger partial charge in [0.25, 0.3) is 23.6 Å². The molecule has 96 heavy (non-hydrogen) atoms. The zero-order valence-electron chi connectivity index (χ0n) is 53.4. The maximum Gasteiger partial charge on any atom is 0.259 e. The Morgan fingerprint density at radius 2 is 0.729 bits per heavy atom. The van der Waals surface area contributed by atoms with Crippen molar-refractivity contribution in [2.24, 2.45) is 11.5 Å². The van der Waals surface area contributed by atoms with Crippen LogP contribution in [0.25, 0.3) is 0 Å². The van der Waals surface area contributed by atoms with E-state index >= 15 is 0 Å². The van der Waals surface area contributed by atoms with Gasteiger partial charge < -0.3 is 71.5 Å². The van der Waals surface area contributed by atoms with Crippen LogP contribution in [0, 0.1) is 27.7 Å². The van der Waals surface area contributed by atoms with Crippen molar-refractivity contribution in [1.82, 2.24) is 4.90 Å². The molecule has 1 unspecified atom stereocenters. The number of hydrogen-bond donors (Lipinski definition) is 8. The van der Waals surface area contributed by atoms with Crippen LogP contribution in [-0.2, 0) is 4.74 Å². The lowest BCUT2D eigenvalue weighted by Gasteiger charge is -2.15. The van der Waals surface area contributed by atoms with Gasteiger partial charge in [0.05, 0.1) is 91.5 Å². The average Bonchev–Trinajstić information content (AvgIpc) is 0.864. The van der Waals surface area contributed by atoms with Gasteiger partial charge in [0, 0.05) is 33.2 Å². The van der Waals surface area contributed by atoms with Crippen molar-refractivity contribution in [2.75, 3.05) is 101 Å². The third-order valence-corrected chi connectivity index (χ3v) is 15.2. The fourth-order valence-corrected chi connectivity index (χ4v) is 9.92. The Hall–Kier alpha value is -7.08. The first-order valence-corrected chi connectivity index (χ1v) is 32.7. The van der Waals surface area contributed by atoms with E-state index in [4.69, 9.17) is 133 Å². The number of nitrogens with two attached hydrogens (primary N) is 2. The van der Waals surface area contributed by atoms with Gasteiger partial charge in [-0.15, -0.1) is 0 Å². The molecule has 8 rings (SSSR count). The van der Waals surface area contributed by atoms with Crippen LogP contribution < -0.4 is 51.7 Å². The fraction of sp³-hybridized carbons (Fsp3) is 0.257. The van der Waals surface area contributed by atoms with Crippen LogP contribution >= 0.6 is 92.8 Å². The highest BCUT2D eigenvalue weighted by molar-refractivity contribution is 6.36. The van der Waals surface area contributed by atoms with Crippen LogP contribution in [0.4, 0.5) is 22.7 Å². The number of amides is 4. The van der Waals surface area contributed by atoms with E-state index in [1.54, 1.807) is 109 Å². The highest BCUT2D eigenvalue weighted by atomic mass is 35.5. The monoisotopic (exact) mass is 1470 g/mol. The summed E-state index contributed by atoms with van der Waals surface area (Å²) in [7, 11) is 3.91. The SMILES string of the molecule is Cc1ccc(NC(=O)c2cc(Cl)ccc2OCC(O)CO)c(Cl)c1.Cc1ccc(NC(=O)c2cc(Cl)ccc2OCCCN)c(Cl)c1.Cc1ccc(NC(=O)c2cc(Cl)ccc2OCCN(C)C)c(Cl)c1.Cc1ccc(NC(=O)c2cc(Cl)ccc2OCCOCCN)c(Cl)c1. The lowest BCUT2D eigenvalue weighted by Crippen LogP contribution is -2.22. The molecular weight excluding hydrogens is 1400 g/mol. The molecule has 1 atom stereocenters. The van der Waals surface area contributed by atoms with Crippen molar-refractivity contribution in [1.29, 1.82) is 0 Å². The number of nitrogens with one attached hydrogen (secondary N) is 4. The second-order valence-corrected chi connectivity index (χ2v) is 24.7. The quantitative estimate of drug-likeness (QED) is 0.0235. The Morgan fingerprint density at radius 3 is 1.02 bits per heavy atom. The Kier molecular flexibility index (Phi) is 34.2. The number of aliphatic hydroxyl groups is 2. The summed E-state index contributed by atoms with van der Waals surface area (Å²) >= 11 is 48.6. The van der Waals surface area contributed by atoms with E-state index in [1.807, 2.05) is 71.0 Å².